The van der Waals surface area contributed by atoms with Crippen LogP contribution in [0.3, 0.4) is 0 Å². The van der Waals surface area contributed by atoms with Gasteiger partial charge in [0.05, 0.1) is 16.8 Å². The Kier molecular flexibility index (Phi) is 7.62. The Labute approximate surface area is 193 Å². The second kappa shape index (κ2) is 11.0. The van der Waals surface area contributed by atoms with Crippen molar-refractivity contribution in [2.45, 2.75) is 48.8 Å². The fraction of sp³-hybridized carbons (Fsp3) is 0.259. The van der Waals surface area contributed by atoms with Gasteiger partial charge in [-0.05, 0) is 42.7 Å². The van der Waals surface area contributed by atoms with Crippen molar-refractivity contribution in [3.63, 3.8) is 0 Å². The standard InChI is InChI=1S/C27H28N2O2S/c30-26(28-21-13-5-2-6-14-21)22-15-7-9-17-24(22)29-27(31)23-16-8-10-18-25(23)32-19-20-11-3-1-4-12-20/h1,3-4,7-12,15-18,21H,2,5-6,13-14,19H2,(H,28,30)(H,29,31). The molecule has 4 rings (SSSR count). The summed E-state index contributed by atoms with van der Waals surface area (Å²) in [5.41, 5.74) is 2.85. The van der Waals surface area contributed by atoms with Gasteiger partial charge in [0.15, 0.2) is 0 Å². The maximum absolute atomic E-state index is 13.2. The zero-order valence-electron chi connectivity index (χ0n) is 18.1. The van der Waals surface area contributed by atoms with Crippen molar-refractivity contribution < 1.29 is 9.59 Å². The van der Waals surface area contributed by atoms with E-state index in [0.717, 1.165) is 36.3 Å². The minimum atomic E-state index is -0.209. The molecule has 0 aromatic heterocycles. The first-order chi connectivity index (χ1) is 15.7. The molecule has 0 saturated heterocycles. The second-order valence-electron chi connectivity index (χ2n) is 8.08. The van der Waals surface area contributed by atoms with Gasteiger partial charge in [0, 0.05) is 16.7 Å². The van der Waals surface area contributed by atoms with Crippen LogP contribution in [0.25, 0.3) is 0 Å². The molecule has 2 N–H and O–H groups in total. The number of rotatable bonds is 7. The molecule has 1 fully saturated rings. The number of anilines is 1. The number of hydrogen-bond acceptors (Lipinski definition) is 3. The highest BCUT2D eigenvalue weighted by atomic mass is 32.2. The Balaban J connectivity index is 1.47. The maximum Gasteiger partial charge on any atom is 0.256 e. The Morgan fingerprint density at radius 1 is 0.750 bits per heavy atom. The van der Waals surface area contributed by atoms with Crippen LogP contribution in [0.2, 0.25) is 0 Å². The number of para-hydroxylation sites is 1. The summed E-state index contributed by atoms with van der Waals surface area (Å²) >= 11 is 1.63. The third kappa shape index (κ3) is 5.80. The zero-order valence-corrected chi connectivity index (χ0v) is 18.9. The van der Waals surface area contributed by atoms with Gasteiger partial charge < -0.3 is 10.6 Å². The van der Waals surface area contributed by atoms with Crippen LogP contribution in [0.5, 0.6) is 0 Å². The highest BCUT2D eigenvalue weighted by Crippen LogP contribution is 2.27. The summed E-state index contributed by atoms with van der Waals surface area (Å²) in [5.74, 6) is 0.449. The monoisotopic (exact) mass is 444 g/mol. The van der Waals surface area contributed by atoms with Gasteiger partial charge >= 0.3 is 0 Å². The van der Waals surface area contributed by atoms with Gasteiger partial charge in [0.25, 0.3) is 11.8 Å². The van der Waals surface area contributed by atoms with Crippen LogP contribution in [0, 0.1) is 0 Å². The number of benzene rings is 3. The third-order valence-corrected chi connectivity index (χ3v) is 6.87. The van der Waals surface area contributed by atoms with E-state index in [4.69, 9.17) is 0 Å². The van der Waals surface area contributed by atoms with Crippen molar-refractivity contribution >= 4 is 29.3 Å². The Hall–Kier alpha value is -3.05. The van der Waals surface area contributed by atoms with E-state index in [1.807, 2.05) is 54.6 Å². The normalized spacial score (nSPS) is 14.0. The van der Waals surface area contributed by atoms with Gasteiger partial charge in [0.1, 0.15) is 0 Å². The smallest absolute Gasteiger partial charge is 0.256 e. The van der Waals surface area contributed by atoms with Crippen LogP contribution >= 0.6 is 11.8 Å². The molecule has 164 valence electrons. The van der Waals surface area contributed by atoms with E-state index in [1.54, 1.807) is 23.9 Å². The van der Waals surface area contributed by atoms with Gasteiger partial charge in [-0.25, -0.2) is 0 Å². The molecule has 1 aliphatic carbocycles. The van der Waals surface area contributed by atoms with Crippen LogP contribution in [-0.2, 0) is 5.75 Å². The molecule has 4 nitrogen and oxygen atoms in total. The van der Waals surface area contributed by atoms with Gasteiger partial charge in [-0.3, -0.25) is 9.59 Å². The topological polar surface area (TPSA) is 58.2 Å². The lowest BCUT2D eigenvalue weighted by Crippen LogP contribution is -2.36. The minimum absolute atomic E-state index is 0.125. The fourth-order valence-corrected chi connectivity index (χ4v) is 5.01. The molecule has 32 heavy (non-hydrogen) atoms. The van der Waals surface area contributed by atoms with Crippen LogP contribution in [0.4, 0.5) is 5.69 Å². The Morgan fingerprint density at radius 3 is 2.19 bits per heavy atom. The minimum Gasteiger partial charge on any atom is -0.349 e. The maximum atomic E-state index is 13.2. The first-order valence-electron chi connectivity index (χ1n) is 11.2. The van der Waals surface area contributed by atoms with Crippen LogP contribution in [-0.4, -0.2) is 17.9 Å². The summed E-state index contributed by atoms with van der Waals surface area (Å²) < 4.78 is 0. The Morgan fingerprint density at radius 2 is 1.41 bits per heavy atom. The van der Waals surface area contributed by atoms with Crippen molar-refractivity contribution in [2.24, 2.45) is 0 Å². The summed E-state index contributed by atoms with van der Waals surface area (Å²) in [4.78, 5) is 27.0. The quantitative estimate of drug-likeness (QED) is 0.421. The van der Waals surface area contributed by atoms with Crippen LogP contribution < -0.4 is 10.6 Å². The lowest BCUT2D eigenvalue weighted by Gasteiger charge is -2.23. The number of carbonyl (C=O) groups excluding carboxylic acids is 2. The second-order valence-corrected chi connectivity index (χ2v) is 9.10. The summed E-state index contributed by atoms with van der Waals surface area (Å²) in [7, 11) is 0. The summed E-state index contributed by atoms with van der Waals surface area (Å²) in [5, 5.41) is 6.11. The van der Waals surface area contributed by atoms with E-state index < -0.39 is 0 Å². The highest BCUT2D eigenvalue weighted by molar-refractivity contribution is 7.98. The molecule has 1 saturated carbocycles. The van der Waals surface area contributed by atoms with Crippen molar-refractivity contribution in [2.75, 3.05) is 5.32 Å². The molecule has 0 unspecified atom stereocenters. The van der Waals surface area contributed by atoms with Crippen LogP contribution in [0.1, 0.15) is 58.4 Å². The fourth-order valence-electron chi connectivity index (χ4n) is 4.01. The molecule has 1 aliphatic rings. The Bertz CT molecular complexity index is 1060. The molecule has 0 spiro atoms. The van der Waals surface area contributed by atoms with E-state index in [1.165, 1.54) is 12.0 Å². The van der Waals surface area contributed by atoms with Crippen LogP contribution in [0.15, 0.2) is 83.8 Å². The molecule has 3 aromatic rings. The third-order valence-electron chi connectivity index (χ3n) is 5.73. The summed E-state index contributed by atoms with van der Waals surface area (Å²) in [6, 6.07) is 25.2. The summed E-state index contributed by atoms with van der Waals surface area (Å²) in [6.07, 6.45) is 5.58. The molecular formula is C27H28N2O2S. The van der Waals surface area contributed by atoms with E-state index in [-0.39, 0.29) is 17.9 Å². The van der Waals surface area contributed by atoms with Gasteiger partial charge in [-0.1, -0.05) is 73.9 Å². The predicted octanol–water partition coefficient (Wildman–Crippen LogP) is 6.29. The van der Waals surface area contributed by atoms with E-state index in [0.29, 0.717) is 16.8 Å². The number of thioether (sulfide) groups is 1. The average molecular weight is 445 g/mol. The SMILES string of the molecule is O=C(NC1CCCCC1)c1ccccc1NC(=O)c1ccccc1SCc1ccccc1. The van der Waals surface area contributed by atoms with E-state index in [2.05, 4.69) is 22.8 Å². The van der Waals surface area contributed by atoms with E-state index in [9.17, 15) is 9.59 Å². The van der Waals surface area contributed by atoms with E-state index >= 15 is 0 Å². The highest BCUT2D eigenvalue weighted by Gasteiger charge is 2.20. The number of amides is 2. The van der Waals surface area contributed by atoms with Gasteiger partial charge in [-0.15, -0.1) is 11.8 Å². The lowest BCUT2D eigenvalue weighted by molar-refractivity contribution is 0.0928. The molecule has 3 aromatic carbocycles. The molecule has 0 heterocycles. The van der Waals surface area contributed by atoms with Gasteiger partial charge in [0.2, 0.25) is 0 Å². The predicted molar refractivity (Wildman–Crippen MR) is 131 cm³/mol. The van der Waals surface area contributed by atoms with Crippen molar-refractivity contribution in [1.29, 1.82) is 0 Å². The largest absolute Gasteiger partial charge is 0.349 e. The zero-order chi connectivity index (χ0) is 22.2. The molecule has 0 radical (unpaired) electrons. The number of hydrogen-bond donors (Lipinski definition) is 2. The first kappa shape index (κ1) is 22.2. The van der Waals surface area contributed by atoms with Crippen molar-refractivity contribution in [3.8, 4) is 0 Å². The molecule has 0 aliphatic heterocycles. The number of nitrogens with one attached hydrogen (secondary N) is 2. The van der Waals surface area contributed by atoms with Gasteiger partial charge in [-0.2, -0.15) is 0 Å². The average Bonchev–Trinajstić information content (AvgIpc) is 2.84. The lowest BCUT2D eigenvalue weighted by atomic mass is 9.95. The van der Waals surface area contributed by atoms with Crippen molar-refractivity contribution in [1.82, 2.24) is 5.32 Å². The molecular weight excluding hydrogens is 416 g/mol. The van der Waals surface area contributed by atoms with Crippen molar-refractivity contribution in [3.05, 3.63) is 95.6 Å². The molecule has 2 amide bonds. The first-order valence-corrected chi connectivity index (χ1v) is 12.2. The molecule has 0 bridgehead atoms. The summed E-state index contributed by atoms with van der Waals surface area (Å²) in [6.45, 7) is 0. The molecule has 5 heteroatoms. The number of carbonyl (C=O) groups is 2. The molecule has 0 atom stereocenters.